The molecule has 84 valence electrons. The molecule has 16 heavy (non-hydrogen) atoms. The third kappa shape index (κ3) is 1.79. The number of aliphatic hydroxyl groups excluding tert-OH is 1. The SMILES string of the molecule is CC(O)c1noc(-c2cccc(F)c2F)n1. The fraction of sp³-hybridized carbons (Fsp3) is 0.200. The largest absolute Gasteiger partial charge is 0.385 e. The molecule has 0 amide bonds. The molecule has 0 bridgehead atoms. The van der Waals surface area contributed by atoms with Crippen molar-refractivity contribution in [3.8, 4) is 11.5 Å². The Kier molecular flexibility index (Phi) is 2.66. The Bertz CT molecular complexity index is 511. The zero-order valence-electron chi connectivity index (χ0n) is 8.32. The molecule has 0 radical (unpaired) electrons. The lowest BCUT2D eigenvalue weighted by Crippen LogP contribution is -1.94. The number of halogens is 2. The first kappa shape index (κ1) is 10.7. The topological polar surface area (TPSA) is 59.2 Å². The molecule has 0 saturated carbocycles. The zero-order chi connectivity index (χ0) is 11.7. The van der Waals surface area contributed by atoms with Gasteiger partial charge in [0.25, 0.3) is 5.89 Å². The highest BCUT2D eigenvalue weighted by molar-refractivity contribution is 5.53. The molecule has 1 aromatic heterocycles. The normalized spacial score (nSPS) is 12.8. The summed E-state index contributed by atoms with van der Waals surface area (Å²) in [6, 6.07) is 3.64. The van der Waals surface area contributed by atoms with Crippen molar-refractivity contribution < 1.29 is 18.4 Å². The van der Waals surface area contributed by atoms with Gasteiger partial charge in [-0.25, -0.2) is 8.78 Å². The molecule has 6 heteroatoms. The van der Waals surface area contributed by atoms with Crippen molar-refractivity contribution in [2.45, 2.75) is 13.0 Å². The summed E-state index contributed by atoms with van der Waals surface area (Å²) >= 11 is 0. The van der Waals surface area contributed by atoms with Crippen LogP contribution in [-0.2, 0) is 0 Å². The number of hydrogen-bond acceptors (Lipinski definition) is 4. The Labute approximate surface area is 89.5 Å². The number of nitrogens with zero attached hydrogens (tertiary/aromatic N) is 2. The van der Waals surface area contributed by atoms with Gasteiger partial charge in [-0.05, 0) is 19.1 Å². The molecule has 1 unspecified atom stereocenters. The van der Waals surface area contributed by atoms with Crippen molar-refractivity contribution in [2.24, 2.45) is 0 Å². The summed E-state index contributed by atoms with van der Waals surface area (Å²) in [5.41, 5.74) is -0.126. The minimum Gasteiger partial charge on any atom is -0.385 e. The van der Waals surface area contributed by atoms with E-state index in [-0.39, 0.29) is 17.3 Å². The molecule has 1 atom stereocenters. The fourth-order valence-corrected chi connectivity index (χ4v) is 1.18. The van der Waals surface area contributed by atoms with Gasteiger partial charge in [0.05, 0.1) is 5.56 Å². The lowest BCUT2D eigenvalue weighted by molar-refractivity contribution is 0.184. The van der Waals surface area contributed by atoms with E-state index in [9.17, 15) is 8.78 Å². The fourth-order valence-electron chi connectivity index (χ4n) is 1.18. The average Bonchev–Trinajstić information content (AvgIpc) is 2.71. The summed E-state index contributed by atoms with van der Waals surface area (Å²) in [4.78, 5) is 3.75. The third-order valence-corrected chi connectivity index (χ3v) is 2.00. The minimum atomic E-state index is -1.05. The smallest absolute Gasteiger partial charge is 0.261 e. The summed E-state index contributed by atoms with van der Waals surface area (Å²) in [6.45, 7) is 1.44. The molecular weight excluding hydrogens is 218 g/mol. The van der Waals surface area contributed by atoms with E-state index in [0.717, 1.165) is 6.07 Å². The molecule has 2 rings (SSSR count). The maximum atomic E-state index is 13.3. The van der Waals surface area contributed by atoms with E-state index in [0.29, 0.717) is 0 Å². The lowest BCUT2D eigenvalue weighted by atomic mass is 10.2. The minimum absolute atomic E-state index is 0.0265. The van der Waals surface area contributed by atoms with E-state index in [1.54, 1.807) is 0 Å². The van der Waals surface area contributed by atoms with E-state index in [1.165, 1.54) is 19.1 Å². The summed E-state index contributed by atoms with van der Waals surface area (Å²) in [5.74, 6) is -2.18. The molecular formula is C10H8F2N2O2. The number of hydrogen-bond donors (Lipinski definition) is 1. The Morgan fingerprint density at radius 1 is 1.38 bits per heavy atom. The van der Waals surface area contributed by atoms with Gasteiger partial charge in [-0.3, -0.25) is 0 Å². The maximum absolute atomic E-state index is 13.3. The van der Waals surface area contributed by atoms with Gasteiger partial charge < -0.3 is 9.63 Å². The molecule has 0 fully saturated rings. The predicted molar refractivity (Wildman–Crippen MR) is 50.3 cm³/mol. The predicted octanol–water partition coefficient (Wildman–Crippen LogP) is 2.07. The van der Waals surface area contributed by atoms with Gasteiger partial charge in [-0.2, -0.15) is 4.98 Å². The molecule has 0 saturated heterocycles. The van der Waals surface area contributed by atoms with Crippen LogP contribution < -0.4 is 0 Å². The molecule has 0 aliphatic rings. The van der Waals surface area contributed by atoms with E-state index in [1.807, 2.05) is 0 Å². The van der Waals surface area contributed by atoms with Crippen molar-refractivity contribution >= 4 is 0 Å². The Balaban J connectivity index is 2.47. The molecule has 0 aliphatic heterocycles. The van der Waals surface area contributed by atoms with E-state index < -0.39 is 17.7 Å². The van der Waals surface area contributed by atoms with Gasteiger partial charge in [0.2, 0.25) is 0 Å². The van der Waals surface area contributed by atoms with Crippen LogP contribution in [0.1, 0.15) is 18.9 Å². The maximum Gasteiger partial charge on any atom is 0.261 e. The van der Waals surface area contributed by atoms with Gasteiger partial charge in [-0.1, -0.05) is 11.2 Å². The zero-order valence-corrected chi connectivity index (χ0v) is 8.32. The molecule has 0 aliphatic carbocycles. The summed E-state index contributed by atoms with van der Waals surface area (Å²) in [7, 11) is 0. The van der Waals surface area contributed by atoms with Crippen LogP contribution in [0.3, 0.4) is 0 Å². The third-order valence-electron chi connectivity index (χ3n) is 2.00. The van der Waals surface area contributed by atoms with Gasteiger partial charge in [-0.15, -0.1) is 0 Å². The molecule has 1 aromatic carbocycles. The second-order valence-electron chi connectivity index (χ2n) is 3.24. The van der Waals surface area contributed by atoms with Crippen molar-refractivity contribution in [3.63, 3.8) is 0 Å². The van der Waals surface area contributed by atoms with Crippen molar-refractivity contribution in [2.75, 3.05) is 0 Å². The highest BCUT2D eigenvalue weighted by Crippen LogP contribution is 2.23. The highest BCUT2D eigenvalue weighted by Gasteiger charge is 2.17. The van der Waals surface area contributed by atoms with Crippen LogP contribution in [0.4, 0.5) is 8.78 Å². The average molecular weight is 226 g/mol. The van der Waals surface area contributed by atoms with Crippen LogP contribution in [-0.4, -0.2) is 15.2 Å². The Hall–Kier alpha value is -1.82. The molecule has 1 heterocycles. The Morgan fingerprint density at radius 2 is 2.12 bits per heavy atom. The first-order valence-corrected chi connectivity index (χ1v) is 4.55. The molecule has 2 aromatic rings. The van der Waals surface area contributed by atoms with Crippen LogP contribution in [0, 0.1) is 11.6 Å². The first-order chi connectivity index (χ1) is 7.59. The lowest BCUT2D eigenvalue weighted by Gasteiger charge is -1.97. The van der Waals surface area contributed by atoms with Gasteiger partial charge in [0.1, 0.15) is 6.10 Å². The van der Waals surface area contributed by atoms with Crippen LogP contribution in [0.15, 0.2) is 22.7 Å². The van der Waals surface area contributed by atoms with Gasteiger partial charge >= 0.3 is 0 Å². The highest BCUT2D eigenvalue weighted by atomic mass is 19.2. The summed E-state index contributed by atoms with van der Waals surface area (Å²) in [5, 5.41) is 12.6. The molecule has 1 N–H and O–H groups in total. The van der Waals surface area contributed by atoms with Crippen LogP contribution >= 0.6 is 0 Å². The van der Waals surface area contributed by atoms with Crippen molar-refractivity contribution in [1.82, 2.24) is 10.1 Å². The summed E-state index contributed by atoms with van der Waals surface area (Å²) in [6.07, 6.45) is -0.922. The van der Waals surface area contributed by atoms with Gasteiger partial charge in [0, 0.05) is 0 Å². The van der Waals surface area contributed by atoms with Crippen molar-refractivity contribution in [3.05, 3.63) is 35.7 Å². The van der Waals surface area contributed by atoms with Crippen LogP contribution in [0.5, 0.6) is 0 Å². The van der Waals surface area contributed by atoms with E-state index in [4.69, 9.17) is 9.63 Å². The molecule has 0 spiro atoms. The van der Waals surface area contributed by atoms with E-state index in [2.05, 4.69) is 10.1 Å². The number of rotatable bonds is 2. The summed E-state index contributed by atoms with van der Waals surface area (Å²) < 4.78 is 31.0. The number of aliphatic hydroxyl groups is 1. The first-order valence-electron chi connectivity index (χ1n) is 4.55. The van der Waals surface area contributed by atoms with Crippen molar-refractivity contribution in [1.29, 1.82) is 0 Å². The standard InChI is InChI=1S/C10H8F2N2O2/c1-5(15)9-13-10(16-14-9)6-3-2-4-7(11)8(6)12/h2-5,15H,1H3. The molecule has 4 nitrogen and oxygen atoms in total. The van der Waals surface area contributed by atoms with E-state index >= 15 is 0 Å². The van der Waals surface area contributed by atoms with Crippen LogP contribution in [0.25, 0.3) is 11.5 Å². The van der Waals surface area contributed by atoms with Crippen LogP contribution in [0.2, 0.25) is 0 Å². The number of aromatic nitrogens is 2. The second-order valence-corrected chi connectivity index (χ2v) is 3.24. The quantitative estimate of drug-likeness (QED) is 0.851. The second kappa shape index (κ2) is 3.97. The monoisotopic (exact) mass is 226 g/mol. The Morgan fingerprint density at radius 3 is 2.75 bits per heavy atom. The van der Waals surface area contributed by atoms with Gasteiger partial charge in [0.15, 0.2) is 17.5 Å². The number of benzene rings is 1.